The van der Waals surface area contributed by atoms with Gasteiger partial charge in [0.2, 0.25) is 10.0 Å². The third-order valence-electron chi connectivity index (χ3n) is 5.00. The van der Waals surface area contributed by atoms with Crippen LogP contribution >= 0.6 is 0 Å². The monoisotopic (exact) mass is 448 g/mol. The Morgan fingerprint density at radius 3 is 2.50 bits per heavy atom. The summed E-state index contributed by atoms with van der Waals surface area (Å²) in [6, 6.07) is 15.7. The van der Waals surface area contributed by atoms with Crippen LogP contribution in [0.15, 0.2) is 79.5 Å². The highest BCUT2D eigenvalue weighted by Crippen LogP contribution is 2.32. The van der Waals surface area contributed by atoms with Crippen molar-refractivity contribution in [1.29, 1.82) is 0 Å². The van der Waals surface area contributed by atoms with Crippen LogP contribution < -0.4 is 10.0 Å². The van der Waals surface area contributed by atoms with Gasteiger partial charge in [-0.25, -0.2) is 13.1 Å². The third-order valence-corrected chi connectivity index (χ3v) is 6.36. The molecule has 8 nitrogen and oxygen atoms in total. The molecule has 0 bridgehead atoms. The van der Waals surface area contributed by atoms with Crippen molar-refractivity contribution < 1.29 is 8.42 Å². The van der Waals surface area contributed by atoms with Gasteiger partial charge in [-0.1, -0.05) is 18.2 Å². The predicted molar refractivity (Wildman–Crippen MR) is 126 cm³/mol. The maximum absolute atomic E-state index is 11.8. The summed E-state index contributed by atoms with van der Waals surface area (Å²) in [5.74, 6) is -0.0251. The highest BCUT2D eigenvalue weighted by molar-refractivity contribution is 7.89. The smallest absolute Gasteiger partial charge is 0.213 e. The van der Waals surface area contributed by atoms with Gasteiger partial charge in [-0.15, -0.1) is 0 Å². The first-order valence-electron chi connectivity index (χ1n) is 10.2. The molecule has 0 unspecified atom stereocenters. The first-order chi connectivity index (χ1) is 15.5. The van der Waals surface area contributed by atoms with Crippen molar-refractivity contribution in [2.75, 3.05) is 24.7 Å². The summed E-state index contributed by atoms with van der Waals surface area (Å²) in [7, 11) is -1.88. The molecular formula is C23H24N6O2S. The SMILES string of the molecule is CNS(=O)(=O)CCNc1ccc(-c2cccnc2)cc1-c1ccn(Cc2cccnc2)n1. The summed E-state index contributed by atoms with van der Waals surface area (Å²) in [6.45, 7) is 0.887. The molecule has 3 heterocycles. The molecule has 0 aliphatic heterocycles. The van der Waals surface area contributed by atoms with Crippen molar-refractivity contribution in [3.05, 3.63) is 85.1 Å². The molecule has 1 aromatic carbocycles. The van der Waals surface area contributed by atoms with E-state index in [0.717, 1.165) is 33.6 Å². The van der Waals surface area contributed by atoms with Gasteiger partial charge in [0.1, 0.15) is 0 Å². The summed E-state index contributed by atoms with van der Waals surface area (Å²) < 4.78 is 27.8. The molecule has 9 heteroatoms. The van der Waals surface area contributed by atoms with Crippen molar-refractivity contribution in [3.8, 4) is 22.4 Å². The van der Waals surface area contributed by atoms with Gasteiger partial charge in [-0.3, -0.25) is 14.6 Å². The zero-order valence-electron chi connectivity index (χ0n) is 17.6. The van der Waals surface area contributed by atoms with E-state index >= 15 is 0 Å². The summed E-state index contributed by atoms with van der Waals surface area (Å²) in [4.78, 5) is 8.36. The normalized spacial score (nSPS) is 11.4. The van der Waals surface area contributed by atoms with Crippen LogP contribution in [-0.2, 0) is 16.6 Å². The molecule has 32 heavy (non-hydrogen) atoms. The van der Waals surface area contributed by atoms with E-state index in [0.29, 0.717) is 6.54 Å². The molecule has 0 amide bonds. The second-order valence-electron chi connectivity index (χ2n) is 7.21. The van der Waals surface area contributed by atoms with Crippen molar-refractivity contribution in [3.63, 3.8) is 0 Å². The molecular weight excluding hydrogens is 424 g/mol. The fraction of sp³-hybridized carbons (Fsp3) is 0.174. The average molecular weight is 449 g/mol. The van der Waals surface area contributed by atoms with E-state index in [9.17, 15) is 8.42 Å². The van der Waals surface area contributed by atoms with Gasteiger partial charge in [0.15, 0.2) is 0 Å². The van der Waals surface area contributed by atoms with Crippen LogP contribution in [0.5, 0.6) is 0 Å². The number of nitrogens with one attached hydrogen (secondary N) is 2. The molecule has 0 spiro atoms. The summed E-state index contributed by atoms with van der Waals surface area (Å²) in [6.07, 6.45) is 9.04. The van der Waals surface area contributed by atoms with Gasteiger partial charge in [0, 0.05) is 54.3 Å². The molecule has 3 aromatic heterocycles. The third kappa shape index (κ3) is 5.37. The van der Waals surface area contributed by atoms with Crippen LogP contribution in [0.25, 0.3) is 22.4 Å². The minimum Gasteiger partial charge on any atom is -0.383 e. The number of benzene rings is 1. The zero-order chi connectivity index (χ0) is 22.4. The summed E-state index contributed by atoms with van der Waals surface area (Å²) in [5, 5.41) is 7.99. The lowest BCUT2D eigenvalue weighted by molar-refractivity contribution is 0.588. The molecule has 0 aliphatic carbocycles. The molecule has 0 fully saturated rings. The number of hydrogen-bond donors (Lipinski definition) is 2. The number of hydrogen-bond acceptors (Lipinski definition) is 6. The lowest BCUT2D eigenvalue weighted by Crippen LogP contribution is -2.26. The average Bonchev–Trinajstić information content (AvgIpc) is 3.28. The van der Waals surface area contributed by atoms with E-state index in [4.69, 9.17) is 5.10 Å². The summed E-state index contributed by atoms with van der Waals surface area (Å²) >= 11 is 0. The first kappa shape index (κ1) is 21.7. The topological polar surface area (TPSA) is 102 Å². The quantitative estimate of drug-likeness (QED) is 0.408. The fourth-order valence-electron chi connectivity index (χ4n) is 3.32. The number of rotatable bonds is 9. The van der Waals surface area contributed by atoms with Crippen LogP contribution in [0, 0.1) is 0 Å². The Morgan fingerprint density at radius 1 is 0.969 bits per heavy atom. The molecule has 0 aliphatic rings. The second kappa shape index (κ2) is 9.71. The van der Waals surface area contributed by atoms with Crippen LogP contribution in [0.1, 0.15) is 5.56 Å². The van der Waals surface area contributed by atoms with E-state index in [1.54, 1.807) is 12.4 Å². The minimum absolute atomic E-state index is 0.0251. The Labute approximate surface area is 187 Å². The fourth-order valence-corrected chi connectivity index (χ4v) is 3.89. The molecule has 4 rings (SSSR count). The van der Waals surface area contributed by atoms with Crippen molar-refractivity contribution in [2.45, 2.75) is 6.54 Å². The highest BCUT2D eigenvalue weighted by atomic mass is 32.2. The van der Waals surface area contributed by atoms with Crippen molar-refractivity contribution in [1.82, 2.24) is 24.5 Å². The largest absolute Gasteiger partial charge is 0.383 e. The summed E-state index contributed by atoms with van der Waals surface area (Å²) in [5.41, 5.74) is 5.55. The van der Waals surface area contributed by atoms with Crippen LogP contribution in [0.3, 0.4) is 0 Å². The van der Waals surface area contributed by atoms with Gasteiger partial charge in [0.05, 0.1) is 18.0 Å². The number of anilines is 1. The van der Waals surface area contributed by atoms with E-state index < -0.39 is 10.0 Å². The number of sulfonamides is 1. The molecule has 0 saturated carbocycles. The van der Waals surface area contributed by atoms with Crippen LogP contribution in [0.4, 0.5) is 5.69 Å². The lowest BCUT2D eigenvalue weighted by Gasteiger charge is -2.13. The molecule has 4 aromatic rings. The lowest BCUT2D eigenvalue weighted by atomic mass is 10.0. The molecule has 0 radical (unpaired) electrons. The van der Waals surface area contributed by atoms with Crippen molar-refractivity contribution in [2.24, 2.45) is 0 Å². The number of nitrogens with zero attached hydrogens (tertiary/aromatic N) is 4. The second-order valence-corrected chi connectivity index (χ2v) is 9.26. The molecule has 0 atom stereocenters. The Morgan fingerprint density at radius 2 is 1.78 bits per heavy atom. The maximum Gasteiger partial charge on any atom is 0.213 e. The predicted octanol–water partition coefficient (Wildman–Crippen LogP) is 3.02. The number of aromatic nitrogens is 4. The zero-order valence-corrected chi connectivity index (χ0v) is 18.5. The Balaban J connectivity index is 1.64. The molecule has 0 saturated heterocycles. The Bertz CT molecular complexity index is 1270. The highest BCUT2D eigenvalue weighted by Gasteiger charge is 2.13. The van der Waals surface area contributed by atoms with Crippen molar-refractivity contribution >= 4 is 15.7 Å². The van der Waals surface area contributed by atoms with Gasteiger partial charge < -0.3 is 5.32 Å². The Hall–Kier alpha value is -3.56. The maximum atomic E-state index is 11.8. The minimum atomic E-state index is -3.30. The standard InChI is InChI=1S/C23H24N6O2S/c1-24-32(30,31)13-11-27-22-7-6-19(20-5-3-10-26-16-20)14-21(22)23-8-12-29(28-23)17-18-4-2-9-25-15-18/h2-10,12,14-16,24,27H,11,13,17H2,1H3. The van der Waals surface area contributed by atoms with Gasteiger partial charge >= 0.3 is 0 Å². The Kier molecular flexibility index (Phi) is 6.58. The van der Waals surface area contributed by atoms with E-state index in [-0.39, 0.29) is 12.3 Å². The first-order valence-corrected chi connectivity index (χ1v) is 11.8. The van der Waals surface area contributed by atoms with E-state index in [1.807, 2.05) is 71.8 Å². The molecule has 2 N–H and O–H groups in total. The van der Waals surface area contributed by atoms with Crippen LogP contribution in [-0.4, -0.2) is 47.5 Å². The van der Waals surface area contributed by atoms with Crippen LogP contribution in [0.2, 0.25) is 0 Å². The van der Waals surface area contributed by atoms with Gasteiger partial charge in [-0.05, 0) is 48.5 Å². The molecule has 164 valence electrons. The van der Waals surface area contributed by atoms with Gasteiger partial charge in [-0.2, -0.15) is 5.10 Å². The number of pyridine rings is 2. The van der Waals surface area contributed by atoms with E-state index in [1.165, 1.54) is 7.05 Å². The van der Waals surface area contributed by atoms with E-state index in [2.05, 4.69) is 20.0 Å². The van der Waals surface area contributed by atoms with Gasteiger partial charge in [0.25, 0.3) is 0 Å².